The standard InChI is InChI=1S/C29H34ClN3O4S/c1-22(28(35)31-29(2,3)4)32(20-19-23-11-7-5-8-12-23)27(34)21-33(25-13-9-6-10-14-25)38(36,37)26-17-15-24(30)16-18-26/h5-18,22H,19-21H2,1-4H3,(H,31,35)/t22-/m0/s1. The normalized spacial score (nSPS) is 12.4. The highest BCUT2D eigenvalue weighted by molar-refractivity contribution is 7.92. The largest absolute Gasteiger partial charge is 0.350 e. The zero-order valence-electron chi connectivity index (χ0n) is 22.1. The Labute approximate surface area is 230 Å². The summed E-state index contributed by atoms with van der Waals surface area (Å²) in [4.78, 5) is 28.3. The summed E-state index contributed by atoms with van der Waals surface area (Å²) in [7, 11) is -4.11. The smallest absolute Gasteiger partial charge is 0.264 e. The number of benzene rings is 3. The SMILES string of the molecule is C[C@@H](C(=O)NC(C)(C)C)N(CCc1ccccc1)C(=O)CN(c1ccccc1)S(=O)(=O)c1ccc(Cl)cc1. The molecular weight excluding hydrogens is 522 g/mol. The number of carbonyl (C=O) groups excluding carboxylic acids is 2. The van der Waals surface area contributed by atoms with Gasteiger partial charge in [0.15, 0.2) is 0 Å². The molecule has 7 nitrogen and oxygen atoms in total. The first-order chi connectivity index (χ1) is 17.9. The monoisotopic (exact) mass is 555 g/mol. The molecule has 0 aromatic heterocycles. The Kier molecular flexibility index (Phi) is 9.57. The topological polar surface area (TPSA) is 86.8 Å². The van der Waals surface area contributed by atoms with E-state index in [0.29, 0.717) is 17.1 Å². The minimum absolute atomic E-state index is 0.00733. The summed E-state index contributed by atoms with van der Waals surface area (Å²) < 4.78 is 28.5. The summed E-state index contributed by atoms with van der Waals surface area (Å²) in [5, 5.41) is 3.32. The minimum atomic E-state index is -4.11. The molecule has 0 fully saturated rings. The van der Waals surface area contributed by atoms with Crippen molar-refractivity contribution in [1.29, 1.82) is 0 Å². The molecule has 0 saturated carbocycles. The Morgan fingerprint density at radius 1 is 0.895 bits per heavy atom. The lowest BCUT2D eigenvalue weighted by atomic mass is 10.1. The second kappa shape index (κ2) is 12.5. The van der Waals surface area contributed by atoms with Crippen molar-refractivity contribution in [3.8, 4) is 0 Å². The first-order valence-corrected chi connectivity index (χ1v) is 14.2. The van der Waals surface area contributed by atoms with Crippen LogP contribution in [0.2, 0.25) is 5.02 Å². The maximum absolute atomic E-state index is 13.8. The zero-order valence-corrected chi connectivity index (χ0v) is 23.7. The molecule has 1 N–H and O–H groups in total. The summed E-state index contributed by atoms with van der Waals surface area (Å²) in [6, 6.07) is 23.0. The highest BCUT2D eigenvalue weighted by atomic mass is 35.5. The summed E-state index contributed by atoms with van der Waals surface area (Å²) in [6.07, 6.45) is 0.509. The molecule has 0 saturated heterocycles. The van der Waals surface area contributed by atoms with Crippen LogP contribution in [-0.2, 0) is 26.0 Å². The molecule has 0 radical (unpaired) electrons. The molecule has 0 unspecified atom stereocenters. The number of para-hydroxylation sites is 1. The fourth-order valence-corrected chi connectivity index (χ4v) is 5.44. The molecule has 3 aromatic carbocycles. The van der Waals surface area contributed by atoms with E-state index < -0.39 is 34.1 Å². The van der Waals surface area contributed by atoms with E-state index in [0.717, 1.165) is 9.87 Å². The van der Waals surface area contributed by atoms with E-state index in [1.807, 2.05) is 51.1 Å². The van der Waals surface area contributed by atoms with Crippen LogP contribution in [0.15, 0.2) is 89.8 Å². The third-order valence-corrected chi connectivity index (χ3v) is 7.91. The van der Waals surface area contributed by atoms with Gasteiger partial charge in [-0.2, -0.15) is 0 Å². The maximum atomic E-state index is 13.8. The molecule has 0 spiro atoms. The Balaban J connectivity index is 1.95. The van der Waals surface area contributed by atoms with Gasteiger partial charge in [0.1, 0.15) is 12.6 Å². The van der Waals surface area contributed by atoms with Crippen molar-refractivity contribution >= 4 is 39.1 Å². The van der Waals surface area contributed by atoms with E-state index in [1.165, 1.54) is 29.2 Å². The first-order valence-electron chi connectivity index (χ1n) is 12.4. The van der Waals surface area contributed by atoms with Gasteiger partial charge in [0.2, 0.25) is 11.8 Å². The van der Waals surface area contributed by atoms with Gasteiger partial charge in [0.25, 0.3) is 10.0 Å². The van der Waals surface area contributed by atoms with Gasteiger partial charge in [-0.25, -0.2) is 8.42 Å². The number of amides is 2. The van der Waals surface area contributed by atoms with Gasteiger partial charge in [-0.1, -0.05) is 60.1 Å². The molecule has 202 valence electrons. The van der Waals surface area contributed by atoms with Gasteiger partial charge < -0.3 is 10.2 Å². The third-order valence-electron chi connectivity index (χ3n) is 5.87. The number of anilines is 1. The van der Waals surface area contributed by atoms with Crippen LogP contribution in [0.25, 0.3) is 0 Å². The lowest BCUT2D eigenvalue weighted by Gasteiger charge is -2.33. The number of halogens is 1. The number of hydrogen-bond donors (Lipinski definition) is 1. The minimum Gasteiger partial charge on any atom is -0.350 e. The van der Waals surface area contributed by atoms with Gasteiger partial charge in [-0.15, -0.1) is 0 Å². The molecule has 3 aromatic rings. The van der Waals surface area contributed by atoms with Gasteiger partial charge in [0.05, 0.1) is 10.6 Å². The molecule has 9 heteroatoms. The summed E-state index contributed by atoms with van der Waals surface area (Å²) >= 11 is 5.97. The number of rotatable bonds is 10. The van der Waals surface area contributed by atoms with E-state index in [4.69, 9.17) is 11.6 Å². The van der Waals surface area contributed by atoms with Gasteiger partial charge in [-0.05, 0) is 76.1 Å². The van der Waals surface area contributed by atoms with Crippen molar-refractivity contribution in [3.63, 3.8) is 0 Å². The van der Waals surface area contributed by atoms with Crippen LogP contribution in [0.1, 0.15) is 33.3 Å². The Morgan fingerprint density at radius 2 is 1.45 bits per heavy atom. The number of carbonyl (C=O) groups is 2. The second-order valence-corrected chi connectivity index (χ2v) is 12.3. The van der Waals surface area contributed by atoms with Crippen molar-refractivity contribution in [2.75, 3.05) is 17.4 Å². The van der Waals surface area contributed by atoms with Crippen LogP contribution < -0.4 is 9.62 Å². The molecule has 0 bridgehead atoms. The van der Waals surface area contributed by atoms with Gasteiger partial charge in [0, 0.05) is 17.1 Å². The van der Waals surface area contributed by atoms with Gasteiger partial charge in [-0.3, -0.25) is 13.9 Å². The van der Waals surface area contributed by atoms with Crippen LogP contribution in [0.4, 0.5) is 5.69 Å². The van der Waals surface area contributed by atoms with E-state index in [-0.39, 0.29) is 17.3 Å². The van der Waals surface area contributed by atoms with Crippen molar-refractivity contribution in [1.82, 2.24) is 10.2 Å². The van der Waals surface area contributed by atoms with Gasteiger partial charge >= 0.3 is 0 Å². The second-order valence-electron chi connectivity index (χ2n) is 10.0. The van der Waals surface area contributed by atoms with Crippen molar-refractivity contribution in [2.45, 2.75) is 50.6 Å². The van der Waals surface area contributed by atoms with Crippen molar-refractivity contribution in [3.05, 3.63) is 95.5 Å². The number of nitrogens with one attached hydrogen (secondary N) is 1. The van der Waals surface area contributed by atoms with Crippen LogP contribution in [-0.4, -0.2) is 49.8 Å². The lowest BCUT2D eigenvalue weighted by molar-refractivity contribution is -0.139. The number of nitrogens with zero attached hydrogens (tertiary/aromatic N) is 2. The van der Waals surface area contributed by atoms with Crippen molar-refractivity contribution < 1.29 is 18.0 Å². The first kappa shape index (κ1) is 29.2. The maximum Gasteiger partial charge on any atom is 0.264 e. The fraction of sp³-hybridized carbons (Fsp3) is 0.310. The summed E-state index contributed by atoms with van der Waals surface area (Å²) in [6.45, 7) is 7.02. The lowest BCUT2D eigenvalue weighted by Crippen LogP contribution is -2.55. The average molecular weight is 556 g/mol. The van der Waals surface area contributed by atoms with E-state index in [2.05, 4.69) is 5.32 Å². The third kappa shape index (κ3) is 7.82. The Bertz CT molecular complexity index is 1330. The highest BCUT2D eigenvalue weighted by Crippen LogP contribution is 2.25. The number of hydrogen-bond acceptors (Lipinski definition) is 4. The van der Waals surface area contributed by atoms with Crippen LogP contribution in [0, 0.1) is 0 Å². The number of sulfonamides is 1. The molecule has 38 heavy (non-hydrogen) atoms. The van der Waals surface area contributed by atoms with Crippen LogP contribution >= 0.6 is 11.6 Å². The highest BCUT2D eigenvalue weighted by Gasteiger charge is 2.33. The Morgan fingerprint density at radius 3 is 2.00 bits per heavy atom. The van der Waals surface area contributed by atoms with E-state index in [9.17, 15) is 18.0 Å². The molecule has 2 amide bonds. The average Bonchev–Trinajstić information content (AvgIpc) is 2.87. The molecular formula is C29H34ClN3O4S. The van der Waals surface area contributed by atoms with E-state index >= 15 is 0 Å². The molecule has 0 aliphatic heterocycles. The molecule has 1 atom stereocenters. The molecule has 0 aliphatic rings. The predicted octanol–water partition coefficient (Wildman–Crippen LogP) is 4.91. The Hall–Kier alpha value is -3.36. The quantitative estimate of drug-likeness (QED) is 0.385. The zero-order chi connectivity index (χ0) is 27.9. The summed E-state index contributed by atoms with van der Waals surface area (Å²) in [5.74, 6) is -0.801. The molecule has 0 aliphatic carbocycles. The predicted molar refractivity (Wildman–Crippen MR) is 152 cm³/mol. The fourth-order valence-electron chi connectivity index (χ4n) is 3.90. The van der Waals surface area contributed by atoms with E-state index in [1.54, 1.807) is 37.3 Å². The van der Waals surface area contributed by atoms with Crippen molar-refractivity contribution in [2.24, 2.45) is 0 Å². The molecule has 0 heterocycles. The van der Waals surface area contributed by atoms with Crippen LogP contribution in [0.3, 0.4) is 0 Å². The molecule has 3 rings (SSSR count). The summed E-state index contributed by atoms with van der Waals surface area (Å²) in [5.41, 5.74) is 0.848. The van der Waals surface area contributed by atoms with Crippen LogP contribution in [0.5, 0.6) is 0 Å².